The number of nitrogens with one attached hydrogen (secondary N) is 2. The molecule has 3 nitrogen and oxygen atoms in total. The molecule has 0 spiro atoms. The standard InChI is InChI=1S/C14H28N2OS/c1-14(4-9-17-10-5-14)12-16-8-11-18-13-2-6-15-7-3-13/h13,15-16H,2-12H2,1H3. The number of ether oxygens (including phenoxy) is 1. The number of hydrogen-bond acceptors (Lipinski definition) is 4. The fourth-order valence-corrected chi connectivity index (χ4v) is 3.86. The Morgan fingerprint density at radius 3 is 2.72 bits per heavy atom. The lowest BCUT2D eigenvalue weighted by Gasteiger charge is -2.33. The van der Waals surface area contributed by atoms with Crippen molar-refractivity contribution in [3.63, 3.8) is 0 Å². The minimum absolute atomic E-state index is 0.470. The van der Waals surface area contributed by atoms with Gasteiger partial charge in [-0.15, -0.1) is 0 Å². The van der Waals surface area contributed by atoms with E-state index in [-0.39, 0.29) is 0 Å². The van der Waals surface area contributed by atoms with Crippen molar-refractivity contribution < 1.29 is 4.74 Å². The van der Waals surface area contributed by atoms with Crippen LogP contribution >= 0.6 is 11.8 Å². The van der Waals surface area contributed by atoms with Gasteiger partial charge in [-0.3, -0.25) is 0 Å². The fraction of sp³-hybridized carbons (Fsp3) is 1.00. The molecular formula is C14H28N2OS. The van der Waals surface area contributed by atoms with Gasteiger partial charge in [0.25, 0.3) is 0 Å². The van der Waals surface area contributed by atoms with Crippen LogP contribution in [0.4, 0.5) is 0 Å². The summed E-state index contributed by atoms with van der Waals surface area (Å²) in [6.45, 7) is 9.02. The van der Waals surface area contributed by atoms with Crippen LogP contribution in [0.3, 0.4) is 0 Å². The third kappa shape index (κ3) is 5.08. The maximum absolute atomic E-state index is 5.43. The first-order valence-electron chi connectivity index (χ1n) is 7.39. The highest BCUT2D eigenvalue weighted by atomic mass is 32.2. The summed E-state index contributed by atoms with van der Waals surface area (Å²) in [5.74, 6) is 1.26. The SMILES string of the molecule is CC1(CNCCSC2CCNCC2)CCOCC1. The maximum atomic E-state index is 5.43. The van der Waals surface area contributed by atoms with Gasteiger partial charge in [-0.05, 0) is 44.2 Å². The van der Waals surface area contributed by atoms with Crippen LogP contribution in [0.1, 0.15) is 32.6 Å². The minimum Gasteiger partial charge on any atom is -0.381 e. The molecule has 0 radical (unpaired) electrons. The van der Waals surface area contributed by atoms with E-state index >= 15 is 0 Å². The molecule has 0 atom stereocenters. The average molecular weight is 272 g/mol. The molecule has 2 aliphatic rings. The van der Waals surface area contributed by atoms with Gasteiger partial charge >= 0.3 is 0 Å². The van der Waals surface area contributed by atoms with E-state index < -0.39 is 0 Å². The van der Waals surface area contributed by atoms with E-state index in [0.717, 1.165) is 31.6 Å². The first-order valence-corrected chi connectivity index (χ1v) is 8.44. The zero-order chi connectivity index (χ0) is 12.7. The van der Waals surface area contributed by atoms with Crippen molar-refractivity contribution in [3.8, 4) is 0 Å². The predicted octanol–water partition coefficient (Wildman–Crippen LogP) is 1.88. The van der Waals surface area contributed by atoms with E-state index in [9.17, 15) is 0 Å². The molecule has 0 aliphatic carbocycles. The molecule has 0 aromatic carbocycles. The highest BCUT2D eigenvalue weighted by Crippen LogP contribution is 2.28. The number of hydrogen-bond donors (Lipinski definition) is 2. The third-order valence-electron chi connectivity index (χ3n) is 4.17. The molecule has 18 heavy (non-hydrogen) atoms. The van der Waals surface area contributed by atoms with Crippen LogP contribution in [0.15, 0.2) is 0 Å². The topological polar surface area (TPSA) is 33.3 Å². The molecular weight excluding hydrogens is 244 g/mol. The zero-order valence-corrected chi connectivity index (χ0v) is 12.5. The highest BCUT2D eigenvalue weighted by Gasteiger charge is 2.26. The summed E-state index contributed by atoms with van der Waals surface area (Å²) < 4.78 is 5.43. The molecule has 0 amide bonds. The van der Waals surface area contributed by atoms with Crippen molar-refractivity contribution in [1.29, 1.82) is 0 Å². The molecule has 2 aliphatic heterocycles. The number of thioether (sulfide) groups is 1. The van der Waals surface area contributed by atoms with Gasteiger partial charge in [0.15, 0.2) is 0 Å². The van der Waals surface area contributed by atoms with Gasteiger partial charge < -0.3 is 15.4 Å². The second kappa shape index (κ2) is 7.73. The summed E-state index contributed by atoms with van der Waals surface area (Å²) in [7, 11) is 0. The molecule has 2 heterocycles. The van der Waals surface area contributed by atoms with E-state index in [0.29, 0.717) is 5.41 Å². The molecule has 4 heteroatoms. The summed E-state index contributed by atoms with van der Waals surface area (Å²) in [6, 6.07) is 0. The Balaban J connectivity index is 1.50. The van der Waals surface area contributed by atoms with E-state index in [1.54, 1.807) is 0 Å². The Morgan fingerprint density at radius 2 is 2.00 bits per heavy atom. The summed E-state index contributed by atoms with van der Waals surface area (Å²) >= 11 is 2.16. The number of rotatable bonds is 6. The van der Waals surface area contributed by atoms with Crippen LogP contribution < -0.4 is 10.6 Å². The molecule has 0 aromatic heterocycles. The van der Waals surface area contributed by atoms with Gasteiger partial charge in [-0.1, -0.05) is 6.92 Å². The van der Waals surface area contributed by atoms with Crippen molar-refractivity contribution in [3.05, 3.63) is 0 Å². The summed E-state index contributed by atoms with van der Waals surface area (Å²) in [5.41, 5.74) is 0.470. The van der Waals surface area contributed by atoms with Gasteiger partial charge in [0, 0.05) is 37.3 Å². The van der Waals surface area contributed by atoms with Crippen molar-refractivity contribution >= 4 is 11.8 Å². The Morgan fingerprint density at radius 1 is 1.28 bits per heavy atom. The maximum Gasteiger partial charge on any atom is 0.0471 e. The van der Waals surface area contributed by atoms with Crippen LogP contribution in [0, 0.1) is 5.41 Å². The Bertz CT molecular complexity index is 226. The van der Waals surface area contributed by atoms with E-state index in [1.165, 1.54) is 44.5 Å². The second-order valence-electron chi connectivity index (χ2n) is 5.92. The van der Waals surface area contributed by atoms with Gasteiger partial charge in [-0.25, -0.2) is 0 Å². The normalized spacial score (nSPS) is 25.2. The minimum atomic E-state index is 0.470. The van der Waals surface area contributed by atoms with Gasteiger partial charge in [0.05, 0.1) is 0 Å². The molecule has 0 saturated carbocycles. The lowest BCUT2D eigenvalue weighted by atomic mass is 9.82. The Hall–Kier alpha value is 0.230. The van der Waals surface area contributed by atoms with Crippen molar-refractivity contribution in [1.82, 2.24) is 10.6 Å². The molecule has 2 rings (SSSR count). The zero-order valence-electron chi connectivity index (χ0n) is 11.7. The van der Waals surface area contributed by atoms with Crippen LogP contribution in [-0.4, -0.2) is 50.4 Å². The number of piperidine rings is 1. The predicted molar refractivity (Wildman–Crippen MR) is 79.4 cm³/mol. The molecule has 0 aromatic rings. The largest absolute Gasteiger partial charge is 0.381 e. The van der Waals surface area contributed by atoms with E-state index in [4.69, 9.17) is 4.74 Å². The van der Waals surface area contributed by atoms with Gasteiger partial charge in [0.2, 0.25) is 0 Å². The average Bonchev–Trinajstić information content (AvgIpc) is 2.40. The quantitative estimate of drug-likeness (QED) is 0.723. The van der Waals surface area contributed by atoms with E-state index in [1.807, 2.05) is 0 Å². The fourth-order valence-electron chi connectivity index (χ4n) is 2.69. The van der Waals surface area contributed by atoms with E-state index in [2.05, 4.69) is 29.3 Å². The van der Waals surface area contributed by atoms with Gasteiger partial charge in [0.1, 0.15) is 0 Å². The highest BCUT2D eigenvalue weighted by molar-refractivity contribution is 7.99. The summed E-state index contributed by atoms with van der Waals surface area (Å²) in [4.78, 5) is 0. The molecule has 2 saturated heterocycles. The first-order chi connectivity index (χ1) is 8.79. The van der Waals surface area contributed by atoms with Crippen molar-refractivity contribution in [2.75, 3.05) is 45.1 Å². The molecule has 0 bridgehead atoms. The lowest BCUT2D eigenvalue weighted by Crippen LogP contribution is -2.37. The lowest BCUT2D eigenvalue weighted by molar-refractivity contribution is 0.0244. The van der Waals surface area contributed by atoms with Crippen LogP contribution in [0.2, 0.25) is 0 Å². The smallest absolute Gasteiger partial charge is 0.0471 e. The van der Waals surface area contributed by atoms with Crippen molar-refractivity contribution in [2.45, 2.75) is 37.9 Å². The first kappa shape index (κ1) is 14.6. The van der Waals surface area contributed by atoms with Crippen LogP contribution in [0.5, 0.6) is 0 Å². The monoisotopic (exact) mass is 272 g/mol. The summed E-state index contributed by atoms with van der Waals surface area (Å²) in [5, 5.41) is 7.96. The second-order valence-corrected chi connectivity index (χ2v) is 7.33. The van der Waals surface area contributed by atoms with Crippen LogP contribution in [0.25, 0.3) is 0 Å². The molecule has 2 fully saturated rings. The Labute approximate surface area is 116 Å². The molecule has 0 unspecified atom stereocenters. The molecule has 2 N–H and O–H groups in total. The van der Waals surface area contributed by atoms with Crippen molar-refractivity contribution in [2.24, 2.45) is 5.41 Å². The third-order valence-corrected chi connectivity index (χ3v) is 5.55. The van der Waals surface area contributed by atoms with Gasteiger partial charge in [-0.2, -0.15) is 11.8 Å². The Kier molecular flexibility index (Phi) is 6.29. The summed E-state index contributed by atoms with van der Waals surface area (Å²) in [6.07, 6.45) is 5.11. The molecule has 106 valence electrons. The van der Waals surface area contributed by atoms with Crippen LogP contribution in [-0.2, 0) is 4.74 Å².